The van der Waals surface area contributed by atoms with Gasteiger partial charge >= 0.3 is 0 Å². The lowest BCUT2D eigenvalue weighted by Crippen LogP contribution is -2.33. The second-order valence-corrected chi connectivity index (χ2v) is 6.54. The molecule has 108 valence electrons. The summed E-state index contributed by atoms with van der Waals surface area (Å²) in [6.07, 6.45) is 0.481. The van der Waals surface area contributed by atoms with E-state index in [0.29, 0.717) is 19.5 Å². The van der Waals surface area contributed by atoms with E-state index in [1.54, 1.807) is 7.11 Å². The van der Waals surface area contributed by atoms with Crippen LogP contribution in [0.25, 0.3) is 0 Å². The van der Waals surface area contributed by atoms with E-state index in [-0.39, 0.29) is 5.75 Å². The Labute approximate surface area is 115 Å². The van der Waals surface area contributed by atoms with Crippen LogP contribution in [-0.2, 0) is 16.4 Å². The van der Waals surface area contributed by atoms with Crippen LogP contribution in [0, 0.1) is 0 Å². The lowest BCUT2D eigenvalue weighted by atomic mass is 10.2. The van der Waals surface area contributed by atoms with Crippen molar-refractivity contribution in [3.63, 3.8) is 0 Å². The molecule has 0 unspecified atom stereocenters. The standard InChI is InChI=1S/C13H22N2O3S/c1-15(2)9-8-14-19(16,17)10-7-12-5-4-6-13(11-12)18-3/h4-6,11,14H,7-10H2,1-3H3. The number of ether oxygens (including phenoxy) is 1. The number of methoxy groups -OCH3 is 1. The van der Waals surface area contributed by atoms with Gasteiger partial charge in [0.05, 0.1) is 12.9 Å². The fraction of sp³-hybridized carbons (Fsp3) is 0.538. The summed E-state index contributed by atoms with van der Waals surface area (Å²) in [7, 11) is 2.20. The predicted molar refractivity (Wildman–Crippen MR) is 77.0 cm³/mol. The highest BCUT2D eigenvalue weighted by Gasteiger charge is 2.10. The van der Waals surface area contributed by atoms with Crippen molar-refractivity contribution in [1.82, 2.24) is 9.62 Å². The second kappa shape index (κ2) is 7.47. The molecule has 0 aliphatic heterocycles. The molecule has 1 aromatic rings. The summed E-state index contributed by atoms with van der Waals surface area (Å²) in [6.45, 7) is 1.13. The zero-order valence-electron chi connectivity index (χ0n) is 11.7. The number of nitrogens with zero attached hydrogens (tertiary/aromatic N) is 1. The first-order valence-corrected chi connectivity index (χ1v) is 7.83. The zero-order valence-corrected chi connectivity index (χ0v) is 12.5. The monoisotopic (exact) mass is 286 g/mol. The summed E-state index contributed by atoms with van der Waals surface area (Å²) in [5, 5.41) is 0. The van der Waals surface area contributed by atoms with Crippen LogP contribution in [0.3, 0.4) is 0 Å². The van der Waals surface area contributed by atoms with E-state index in [0.717, 1.165) is 11.3 Å². The molecule has 0 aliphatic carbocycles. The van der Waals surface area contributed by atoms with Crippen LogP contribution in [0.5, 0.6) is 5.75 Å². The number of rotatable bonds is 8. The lowest BCUT2D eigenvalue weighted by Gasteiger charge is -2.11. The minimum Gasteiger partial charge on any atom is -0.497 e. The maximum atomic E-state index is 11.8. The SMILES string of the molecule is COc1cccc(CCS(=O)(=O)NCCN(C)C)c1. The van der Waals surface area contributed by atoms with Gasteiger partial charge in [0, 0.05) is 13.1 Å². The third-order valence-corrected chi connectivity index (χ3v) is 4.06. The molecule has 0 fully saturated rings. The number of likely N-dealkylation sites (N-methyl/N-ethyl adjacent to an activating group) is 1. The second-order valence-electron chi connectivity index (χ2n) is 4.62. The number of hydrogen-bond acceptors (Lipinski definition) is 4. The predicted octanol–water partition coefficient (Wildman–Crippen LogP) is 0.719. The van der Waals surface area contributed by atoms with Gasteiger partial charge in [-0.15, -0.1) is 0 Å². The molecule has 0 radical (unpaired) electrons. The molecule has 0 amide bonds. The molecular formula is C13H22N2O3S. The van der Waals surface area contributed by atoms with Crippen molar-refractivity contribution < 1.29 is 13.2 Å². The lowest BCUT2D eigenvalue weighted by molar-refractivity contribution is 0.412. The molecule has 0 aromatic heterocycles. The Bertz CT molecular complexity index is 486. The van der Waals surface area contributed by atoms with Crippen molar-refractivity contribution in [3.8, 4) is 5.75 Å². The Balaban J connectivity index is 2.45. The van der Waals surface area contributed by atoms with Gasteiger partial charge in [-0.25, -0.2) is 13.1 Å². The molecular weight excluding hydrogens is 264 g/mol. The minimum absolute atomic E-state index is 0.0909. The normalized spacial score (nSPS) is 11.8. The van der Waals surface area contributed by atoms with Gasteiger partial charge in [-0.1, -0.05) is 12.1 Å². The molecule has 1 N–H and O–H groups in total. The van der Waals surface area contributed by atoms with E-state index in [9.17, 15) is 8.42 Å². The number of benzene rings is 1. The van der Waals surface area contributed by atoms with Crippen molar-refractivity contribution in [2.75, 3.05) is 40.0 Å². The van der Waals surface area contributed by atoms with Gasteiger partial charge in [-0.3, -0.25) is 0 Å². The van der Waals surface area contributed by atoms with Gasteiger partial charge in [0.2, 0.25) is 10.0 Å². The Morgan fingerprint density at radius 2 is 2.05 bits per heavy atom. The first kappa shape index (κ1) is 15.9. The summed E-state index contributed by atoms with van der Waals surface area (Å²) in [5.41, 5.74) is 0.956. The maximum Gasteiger partial charge on any atom is 0.211 e. The van der Waals surface area contributed by atoms with E-state index >= 15 is 0 Å². The summed E-state index contributed by atoms with van der Waals surface area (Å²) in [6, 6.07) is 7.46. The molecule has 0 aliphatic rings. The van der Waals surface area contributed by atoms with Crippen LogP contribution < -0.4 is 9.46 Å². The van der Waals surface area contributed by atoms with Crippen LogP contribution in [-0.4, -0.2) is 53.4 Å². The molecule has 0 saturated carbocycles. The average Bonchev–Trinajstić information content (AvgIpc) is 2.36. The van der Waals surface area contributed by atoms with Gasteiger partial charge < -0.3 is 9.64 Å². The Morgan fingerprint density at radius 1 is 1.32 bits per heavy atom. The topological polar surface area (TPSA) is 58.6 Å². The van der Waals surface area contributed by atoms with Crippen molar-refractivity contribution >= 4 is 10.0 Å². The molecule has 1 rings (SSSR count). The molecule has 0 spiro atoms. The van der Waals surface area contributed by atoms with E-state index in [4.69, 9.17) is 4.74 Å². The number of aryl methyl sites for hydroxylation is 1. The molecule has 5 nitrogen and oxygen atoms in total. The molecule has 19 heavy (non-hydrogen) atoms. The molecule has 0 bridgehead atoms. The summed E-state index contributed by atoms with van der Waals surface area (Å²) < 4.78 is 31.3. The molecule has 0 atom stereocenters. The molecule has 0 heterocycles. The Hall–Kier alpha value is -1.11. The van der Waals surface area contributed by atoms with Crippen molar-refractivity contribution in [2.24, 2.45) is 0 Å². The average molecular weight is 286 g/mol. The fourth-order valence-electron chi connectivity index (χ4n) is 1.58. The number of hydrogen-bond donors (Lipinski definition) is 1. The largest absolute Gasteiger partial charge is 0.497 e. The van der Waals surface area contributed by atoms with Crippen LogP contribution in [0.4, 0.5) is 0 Å². The Morgan fingerprint density at radius 3 is 2.68 bits per heavy atom. The highest BCUT2D eigenvalue weighted by atomic mass is 32.2. The minimum atomic E-state index is -3.21. The van der Waals surface area contributed by atoms with E-state index < -0.39 is 10.0 Å². The van der Waals surface area contributed by atoms with E-state index in [2.05, 4.69) is 4.72 Å². The van der Waals surface area contributed by atoms with Gasteiger partial charge in [0.25, 0.3) is 0 Å². The first-order valence-electron chi connectivity index (χ1n) is 6.18. The van der Waals surface area contributed by atoms with Crippen molar-refractivity contribution in [3.05, 3.63) is 29.8 Å². The quantitative estimate of drug-likeness (QED) is 0.765. The van der Waals surface area contributed by atoms with Crippen LogP contribution in [0.2, 0.25) is 0 Å². The Kier molecular flexibility index (Phi) is 6.27. The first-order chi connectivity index (χ1) is 8.93. The summed E-state index contributed by atoms with van der Waals surface area (Å²) in [5.74, 6) is 0.837. The van der Waals surface area contributed by atoms with Crippen LogP contribution >= 0.6 is 0 Å². The summed E-state index contributed by atoms with van der Waals surface area (Å²) in [4.78, 5) is 1.94. The van der Waals surface area contributed by atoms with Gasteiger partial charge in [-0.2, -0.15) is 0 Å². The smallest absolute Gasteiger partial charge is 0.211 e. The van der Waals surface area contributed by atoms with Crippen LogP contribution in [0.15, 0.2) is 24.3 Å². The highest BCUT2D eigenvalue weighted by Crippen LogP contribution is 2.13. The van der Waals surface area contributed by atoms with Crippen molar-refractivity contribution in [1.29, 1.82) is 0 Å². The fourth-order valence-corrected chi connectivity index (χ4v) is 2.63. The number of nitrogens with one attached hydrogen (secondary N) is 1. The third-order valence-electron chi connectivity index (χ3n) is 2.67. The van der Waals surface area contributed by atoms with E-state index in [1.807, 2.05) is 43.3 Å². The molecule has 1 aromatic carbocycles. The zero-order chi connectivity index (χ0) is 14.3. The maximum absolute atomic E-state index is 11.8. The van der Waals surface area contributed by atoms with E-state index in [1.165, 1.54) is 0 Å². The van der Waals surface area contributed by atoms with Gasteiger partial charge in [0.1, 0.15) is 5.75 Å². The van der Waals surface area contributed by atoms with Crippen LogP contribution in [0.1, 0.15) is 5.56 Å². The number of sulfonamides is 1. The van der Waals surface area contributed by atoms with Gasteiger partial charge in [-0.05, 0) is 38.2 Å². The molecule has 6 heteroatoms. The third kappa shape index (κ3) is 6.56. The highest BCUT2D eigenvalue weighted by molar-refractivity contribution is 7.89. The molecule has 0 saturated heterocycles. The van der Waals surface area contributed by atoms with Gasteiger partial charge in [0.15, 0.2) is 0 Å². The summed E-state index contributed by atoms with van der Waals surface area (Å²) >= 11 is 0. The van der Waals surface area contributed by atoms with Crippen molar-refractivity contribution in [2.45, 2.75) is 6.42 Å².